The number of ketones is 1. The molecule has 5 aromatic rings. The van der Waals surface area contributed by atoms with Crippen molar-refractivity contribution < 1.29 is 22.2 Å². The summed E-state index contributed by atoms with van der Waals surface area (Å²) in [5.74, 6) is 0.352. The number of thioether (sulfide) groups is 1. The number of thiophene rings is 1. The molecule has 0 aliphatic rings. The fraction of sp³-hybridized carbons (Fsp3) is 0.206. The van der Waals surface area contributed by atoms with Crippen molar-refractivity contribution >= 4 is 55.7 Å². The Morgan fingerprint density at radius 1 is 0.957 bits per heavy atom. The van der Waals surface area contributed by atoms with Crippen molar-refractivity contribution in [2.75, 3.05) is 12.0 Å². The van der Waals surface area contributed by atoms with Crippen LogP contribution in [0.5, 0.6) is 0 Å². The van der Waals surface area contributed by atoms with E-state index in [-0.39, 0.29) is 28.9 Å². The average molecular weight is 707 g/mol. The third kappa shape index (κ3) is 8.28. The number of nitrogens with zero attached hydrogens (tertiary/aromatic N) is 2. The quantitative estimate of drug-likeness (QED) is 0.103. The van der Waals surface area contributed by atoms with Gasteiger partial charge in [-0.2, -0.15) is 0 Å². The van der Waals surface area contributed by atoms with Gasteiger partial charge < -0.3 is 9.88 Å². The van der Waals surface area contributed by atoms with Crippen molar-refractivity contribution in [1.82, 2.24) is 19.6 Å². The van der Waals surface area contributed by atoms with Crippen molar-refractivity contribution in [3.8, 4) is 11.1 Å². The second-order valence-corrected chi connectivity index (χ2v) is 15.8. The average Bonchev–Trinajstić information content (AvgIpc) is 3.72. The fourth-order valence-electron chi connectivity index (χ4n) is 5.01. The number of imidazole rings is 1. The Labute approximate surface area is 285 Å². The zero-order valence-corrected chi connectivity index (χ0v) is 29.3. The van der Waals surface area contributed by atoms with E-state index in [1.165, 1.54) is 29.2 Å². The van der Waals surface area contributed by atoms with Crippen LogP contribution in [-0.2, 0) is 33.9 Å². The van der Waals surface area contributed by atoms with Gasteiger partial charge in [-0.1, -0.05) is 80.6 Å². The van der Waals surface area contributed by atoms with Crippen molar-refractivity contribution in [2.24, 2.45) is 0 Å². The third-order valence-electron chi connectivity index (χ3n) is 7.22. The first-order chi connectivity index (χ1) is 22.6. The summed E-state index contributed by atoms with van der Waals surface area (Å²) >= 11 is 2.84. The molecule has 2 amide bonds. The van der Waals surface area contributed by atoms with Crippen molar-refractivity contribution in [1.29, 1.82) is 0 Å². The summed E-state index contributed by atoms with van der Waals surface area (Å²) in [4.78, 5) is 32.3. The van der Waals surface area contributed by atoms with Gasteiger partial charge in [0.1, 0.15) is 16.5 Å². The van der Waals surface area contributed by atoms with Gasteiger partial charge in [-0.25, -0.2) is 22.9 Å². The molecule has 0 spiro atoms. The molecule has 13 heteroatoms. The molecule has 244 valence electrons. The van der Waals surface area contributed by atoms with Gasteiger partial charge in [0.05, 0.1) is 28.0 Å². The highest BCUT2D eigenvalue weighted by Crippen LogP contribution is 2.30. The van der Waals surface area contributed by atoms with E-state index in [1.807, 2.05) is 72.5 Å². The second-order valence-electron chi connectivity index (χ2n) is 10.9. The lowest BCUT2D eigenvalue weighted by Gasteiger charge is -2.15. The normalized spacial score (nSPS) is 12.2. The number of carbonyl (C=O) groups excluding carboxylic acids is 2. The molecule has 0 fully saturated rings. The molecule has 9 nitrogen and oxygen atoms in total. The number of rotatable bonds is 13. The number of hydrogen-bond acceptors (Lipinski definition) is 8. The maximum Gasteiger partial charge on any atom is 0.328 e. The summed E-state index contributed by atoms with van der Waals surface area (Å²) in [7, 11) is -5.69. The van der Waals surface area contributed by atoms with Crippen LogP contribution in [0, 0.1) is 0 Å². The van der Waals surface area contributed by atoms with Gasteiger partial charge in [0.15, 0.2) is 5.78 Å². The predicted octanol–water partition coefficient (Wildman–Crippen LogP) is 6.68. The molecule has 0 radical (unpaired) electrons. The van der Waals surface area contributed by atoms with Crippen molar-refractivity contribution in [3.05, 3.63) is 118 Å². The highest BCUT2D eigenvalue weighted by molar-refractivity contribution is 7.98. The maximum absolute atomic E-state index is 13.6. The van der Waals surface area contributed by atoms with Crippen molar-refractivity contribution in [2.45, 2.75) is 47.7 Å². The Kier molecular flexibility index (Phi) is 11.1. The van der Waals surface area contributed by atoms with E-state index in [4.69, 9.17) is 4.98 Å². The summed E-state index contributed by atoms with van der Waals surface area (Å²) in [6, 6.07) is 25.7. The molecule has 5 rings (SSSR count). The summed E-state index contributed by atoms with van der Waals surface area (Å²) in [6.45, 7) is 4.58. The second kappa shape index (κ2) is 15.2. The molecule has 0 saturated carbocycles. The lowest BCUT2D eigenvalue weighted by Crippen LogP contribution is -2.39. The summed E-state index contributed by atoms with van der Waals surface area (Å²) in [6.07, 6.45) is 1.87. The minimum Gasteiger partial charge on any atom is -0.332 e. The summed E-state index contributed by atoms with van der Waals surface area (Å²) < 4.78 is 43.6. The molecular formula is C34H34N4O5S4. The standard InChI is InChI=1S/C34H34N4O5S4/c1-23(2)32-36-33(44-3)31(29(39)22-46(41)27-11-5-4-6-12-27)38(32)21-24-15-17-25(18-16-24)28-13-7-8-14-30(28)47(42,43)37-34(40)35-20-26-10-9-19-45-26/h4-19,23H,20-22H2,1-3H3,(H2,35,37,40). The predicted molar refractivity (Wildman–Crippen MR) is 188 cm³/mol. The van der Waals surface area contributed by atoms with Crippen LogP contribution in [-0.4, -0.2) is 46.0 Å². The first kappa shape index (κ1) is 34.3. The van der Waals surface area contributed by atoms with Crippen LogP contribution < -0.4 is 10.0 Å². The Morgan fingerprint density at radius 2 is 1.66 bits per heavy atom. The first-order valence-corrected chi connectivity index (χ1v) is 19.6. The molecule has 0 saturated heterocycles. The molecule has 0 aliphatic carbocycles. The molecule has 2 aromatic heterocycles. The number of carbonyl (C=O) groups is 2. The van der Waals surface area contributed by atoms with Crippen LogP contribution in [0.3, 0.4) is 0 Å². The van der Waals surface area contributed by atoms with E-state index < -0.39 is 26.9 Å². The number of urea groups is 1. The van der Waals surface area contributed by atoms with Gasteiger partial charge in [-0.3, -0.25) is 9.00 Å². The van der Waals surface area contributed by atoms with E-state index in [0.717, 1.165) is 16.3 Å². The van der Waals surface area contributed by atoms with Crippen LogP contribution >= 0.6 is 23.1 Å². The van der Waals surface area contributed by atoms with Gasteiger partial charge in [-0.05, 0) is 47.0 Å². The van der Waals surface area contributed by atoms with Crippen LogP contribution in [0.25, 0.3) is 11.1 Å². The van der Waals surface area contributed by atoms with E-state index >= 15 is 0 Å². The smallest absolute Gasteiger partial charge is 0.328 e. The highest BCUT2D eigenvalue weighted by Gasteiger charge is 2.26. The Morgan fingerprint density at radius 3 is 2.32 bits per heavy atom. The van der Waals surface area contributed by atoms with Crippen LogP contribution in [0.4, 0.5) is 4.79 Å². The minimum absolute atomic E-state index is 0.0217. The molecule has 1 atom stereocenters. The van der Waals surface area contributed by atoms with Gasteiger partial charge in [-0.15, -0.1) is 23.1 Å². The molecule has 0 bridgehead atoms. The van der Waals surface area contributed by atoms with Crippen molar-refractivity contribution in [3.63, 3.8) is 0 Å². The highest BCUT2D eigenvalue weighted by atomic mass is 32.2. The number of sulfonamides is 1. The molecule has 2 heterocycles. The van der Waals surface area contributed by atoms with Gasteiger partial charge in [0.25, 0.3) is 10.0 Å². The van der Waals surface area contributed by atoms with E-state index in [0.29, 0.717) is 33.3 Å². The fourth-order valence-corrected chi connectivity index (χ4v) is 8.42. The molecule has 0 aliphatic heterocycles. The van der Waals surface area contributed by atoms with Gasteiger partial charge in [0, 0.05) is 27.8 Å². The SMILES string of the molecule is CSc1nc(C(C)C)n(Cc2ccc(-c3ccccc3S(=O)(=O)NC(=O)NCc3cccs3)cc2)c1C(=O)CS(=O)c1ccccc1. The Balaban J connectivity index is 1.38. The van der Waals surface area contributed by atoms with Gasteiger partial charge >= 0.3 is 6.03 Å². The number of amides is 2. The van der Waals surface area contributed by atoms with E-state index in [9.17, 15) is 22.2 Å². The summed E-state index contributed by atoms with van der Waals surface area (Å²) in [5.41, 5.74) is 2.37. The molecule has 1 unspecified atom stereocenters. The minimum atomic E-state index is -4.18. The van der Waals surface area contributed by atoms with Gasteiger partial charge in [0.2, 0.25) is 0 Å². The lowest BCUT2D eigenvalue weighted by atomic mass is 10.0. The zero-order valence-electron chi connectivity index (χ0n) is 26.0. The van der Waals surface area contributed by atoms with Crippen LogP contribution in [0.15, 0.2) is 111 Å². The largest absolute Gasteiger partial charge is 0.332 e. The molecule has 47 heavy (non-hydrogen) atoms. The monoisotopic (exact) mass is 706 g/mol. The Hall–Kier alpha value is -4.04. The number of nitrogens with one attached hydrogen (secondary N) is 2. The number of hydrogen-bond donors (Lipinski definition) is 2. The topological polar surface area (TPSA) is 127 Å². The van der Waals surface area contributed by atoms with E-state index in [1.54, 1.807) is 42.5 Å². The Bertz CT molecular complexity index is 1990. The van der Waals surface area contributed by atoms with Crippen LogP contribution in [0.1, 0.15) is 46.5 Å². The first-order valence-electron chi connectivity index (χ1n) is 14.7. The number of aromatic nitrogens is 2. The van der Waals surface area contributed by atoms with Crippen LogP contribution in [0.2, 0.25) is 0 Å². The lowest BCUT2D eigenvalue weighted by molar-refractivity contribution is 0.101. The molecule has 3 aromatic carbocycles. The number of Topliss-reactive ketones (excluding diaryl/α,β-unsaturated/α-hetero) is 1. The summed E-state index contributed by atoms with van der Waals surface area (Å²) in [5, 5.41) is 5.05. The maximum atomic E-state index is 13.6. The zero-order chi connectivity index (χ0) is 33.6. The number of benzene rings is 3. The molecular weight excluding hydrogens is 673 g/mol. The molecule has 2 N–H and O–H groups in total. The third-order valence-corrected chi connectivity index (χ3v) is 11.5. The van der Waals surface area contributed by atoms with E-state index in [2.05, 4.69) is 10.0 Å².